The van der Waals surface area contributed by atoms with E-state index in [0.29, 0.717) is 45.4 Å². The van der Waals surface area contributed by atoms with Gasteiger partial charge in [-0.3, -0.25) is 14.4 Å². The molecule has 8 bridgehead atoms. The molecule has 11 nitrogen and oxygen atoms in total. The number of fused-ring (bicyclic) bond motifs is 8. The fourth-order valence-electron chi connectivity index (χ4n) is 11.3. The molecular weight excluding hydrogens is 829 g/mol. The maximum atomic E-state index is 13.7. The summed E-state index contributed by atoms with van der Waals surface area (Å²) in [5.41, 5.74) is 8.91. The van der Waals surface area contributed by atoms with Gasteiger partial charge in [-0.05, 0) is 118 Å². The average molecular weight is 909 g/mol. The van der Waals surface area contributed by atoms with Crippen LogP contribution < -0.4 is 21.2 Å². The van der Waals surface area contributed by atoms with Crippen LogP contribution in [0.15, 0.2) is 28.7 Å². The number of methoxy groups -OCH3 is 1. The minimum Gasteiger partial charge on any atom is -0.510 e. The highest BCUT2D eigenvalue weighted by atomic mass is 16.5. The largest absolute Gasteiger partial charge is 0.510 e. The first-order valence-electron chi connectivity index (χ1n) is 25.1. The third-order valence-electron chi connectivity index (χ3n) is 15.3. The zero-order chi connectivity index (χ0) is 48.0. The Labute approximate surface area is 393 Å². The monoisotopic (exact) mass is 909 g/mol. The molecule has 0 unspecified atom stereocenters. The van der Waals surface area contributed by atoms with Crippen molar-refractivity contribution in [3.05, 3.63) is 73.1 Å². The van der Waals surface area contributed by atoms with Crippen LogP contribution in [-0.4, -0.2) is 64.3 Å². The standard InChI is InChI=1S/C55H80N4O7/c1-12-38-34(7)41-28-46-48(37(10)61)35(8)42(57-46)26-45-40(29-60)39(52(59-45)50-51(55(64)65-11)54(63)49-36(9)43(58-53(49)50)27-44(38)56-41)22-23-47(62)66-25-24-33(6)21-15-20-32(5)19-14-18-31(4)17-13-16-30(2)3/h24,26-28,30-32,34,38-40,51-52,56-60,63H,12-23,25,29H2,1-11H3/b33-24+,41-28-,44-27-,45-26-/t31-,32-,34-,38-,39+,40+,51-,52-/m1/s1. The molecule has 2 fully saturated rings. The topological polar surface area (TPSA) is 166 Å². The van der Waals surface area contributed by atoms with Crippen LogP contribution in [0.25, 0.3) is 29.6 Å². The molecule has 0 amide bonds. The molecule has 66 heavy (non-hydrogen) atoms. The van der Waals surface area contributed by atoms with E-state index in [9.17, 15) is 24.6 Å². The molecular formula is C55H80N4O7. The summed E-state index contributed by atoms with van der Waals surface area (Å²) in [4.78, 5) is 47.6. The lowest BCUT2D eigenvalue weighted by Crippen LogP contribution is -2.38. The molecule has 0 radical (unpaired) electrons. The molecule has 6 rings (SSSR count). The van der Waals surface area contributed by atoms with Gasteiger partial charge in [0.05, 0.1) is 30.8 Å². The fraction of sp³-hybridized carbons (Fsp3) is 0.618. The summed E-state index contributed by atoms with van der Waals surface area (Å²) in [6.07, 6.45) is 20.6. The van der Waals surface area contributed by atoms with E-state index in [1.807, 2.05) is 32.1 Å². The van der Waals surface area contributed by atoms with Crippen molar-refractivity contribution in [2.75, 3.05) is 20.3 Å². The quantitative estimate of drug-likeness (QED) is 0.0406. The number of Topliss-reactive ketones (excluding diaryl/α,β-unsaturated/α-hetero) is 1. The van der Waals surface area contributed by atoms with E-state index in [1.165, 1.54) is 57.6 Å². The van der Waals surface area contributed by atoms with Crippen LogP contribution in [0.5, 0.6) is 0 Å². The van der Waals surface area contributed by atoms with Gasteiger partial charge >= 0.3 is 11.9 Å². The highest BCUT2D eigenvalue weighted by Crippen LogP contribution is 2.43. The summed E-state index contributed by atoms with van der Waals surface area (Å²) < 4.78 is 11.1. The number of allylic oxidation sites excluding steroid dienone is 3. The number of nitrogens with one attached hydrogen (secondary N) is 4. The van der Waals surface area contributed by atoms with Crippen molar-refractivity contribution in [1.82, 2.24) is 20.6 Å². The van der Waals surface area contributed by atoms with Gasteiger partial charge < -0.3 is 40.3 Å². The number of aromatic nitrogens is 2. The predicted molar refractivity (Wildman–Crippen MR) is 265 cm³/mol. The van der Waals surface area contributed by atoms with Crippen molar-refractivity contribution >= 4 is 47.3 Å². The van der Waals surface area contributed by atoms with E-state index in [0.717, 1.165) is 65.0 Å². The van der Waals surface area contributed by atoms with Gasteiger partial charge in [0.25, 0.3) is 0 Å². The second-order valence-electron chi connectivity index (χ2n) is 20.7. The number of hydrogen-bond acceptors (Lipinski definition) is 9. The molecule has 5 heterocycles. The van der Waals surface area contributed by atoms with Crippen LogP contribution in [-0.2, 0) is 19.1 Å². The molecule has 2 saturated heterocycles. The molecule has 0 aromatic carbocycles. The van der Waals surface area contributed by atoms with E-state index < -0.39 is 29.8 Å². The minimum atomic E-state index is -1.10. The Morgan fingerprint density at radius 2 is 1.45 bits per heavy atom. The van der Waals surface area contributed by atoms with Gasteiger partial charge in [0.2, 0.25) is 0 Å². The molecule has 8 atom stereocenters. The number of rotatable bonds is 21. The van der Waals surface area contributed by atoms with Gasteiger partial charge in [-0.2, -0.15) is 0 Å². The molecule has 3 aliphatic heterocycles. The van der Waals surface area contributed by atoms with Crippen LogP contribution >= 0.6 is 0 Å². The lowest BCUT2D eigenvalue weighted by molar-refractivity contribution is -0.143. The molecule has 11 heteroatoms. The first kappa shape index (κ1) is 50.6. The molecule has 6 N–H and O–H groups in total. The first-order chi connectivity index (χ1) is 31.5. The van der Waals surface area contributed by atoms with Gasteiger partial charge in [0.1, 0.15) is 18.3 Å². The SMILES string of the molecule is CC[C@H]1/C2=C/c3[nH]c4c(c3C)=C(O)[C@H](C(=O)OC)C=4[C@@H]3N/C(=C\c4[nH]c(c(C(C)=O)c4C)/C=C(\N2)[C@@H]1C)[C@@H](CO)[C@@H]3CCC(=O)OC/C=C(\C)CCC[C@H](C)CCC[C@H](C)CCCC(C)C. The first-order valence-corrected chi connectivity index (χ1v) is 25.1. The number of carbonyl (C=O) groups excluding carboxylic acids is 3. The third kappa shape index (κ3) is 11.1. The molecule has 0 saturated carbocycles. The van der Waals surface area contributed by atoms with Crippen molar-refractivity contribution in [3.63, 3.8) is 0 Å². The number of esters is 2. The number of ketones is 1. The number of hydrogen-bond donors (Lipinski definition) is 6. The van der Waals surface area contributed by atoms with Crippen molar-refractivity contribution in [2.24, 2.45) is 47.3 Å². The van der Waals surface area contributed by atoms with Crippen LogP contribution in [0.2, 0.25) is 0 Å². The van der Waals surface area contributed by atoms with E-state index in [2.05, 4.69) is 75.1 Å². The molecule has 4 aliphatic rings. The number of carbonyl (C=O) groups is 3. The summed E-state index contributed by atoms with van der Waals surface area (Å²) in [6, 6.07) is -0.593. The predicted octanol–water partition coefficient (Wildman–Crippen LogP) is 9.69. The zero-order valence-electron chi connectivity index (χ0n) is 41.8. The number of ether oxygens (including phenoxy) is 2. The average Bonchev–Trinajstić information content (AvgIpc) is 4.02. The van der Waals surface area contributed by atoms with Gasteiger partial charge in [0.15, 0.2) is 5.78 Å². The molecule has 1 aliphatic carbocycles. The smallest absolute Gasteiger partial charge is 0.320 e. The summed E-state index contributed by atoms with van der Waals surface area (Å²) in [7, 11) is 1.31. The second kappa shape index (κ2) is 22.4. The molecule has 2 aromatic heterocycles. The van der Waals surface area contributed by atoms with E-state index in [-0.39, 0.29) is 49.0 Å². The molecule has 2 aromatic rings. The Kier molecular flexibility index (Phi) is 17.1. The Bertz CT molecular complexity index is 2360. The van der Waals surface area contributed by atoms with Gasteiger partial charge in [-0.15, -0.1) is 0 Å². The number of aliphatic hydroxyl groups is 2. The summed E-state index contributed by atoms with van der Waals surface area (Å²) in [5.74, 6) is -0.469. The summed E-state index contributed by atoms with van der Waals surface area (Å²) in [5, 5.41) is 31.7. The van der Waals surface area contributed by atoms with E-state index in [1.54, 1.807) is 6.92 Å². The zero-order valence-corrected chi connectivity index (χ0v) is 41.8. The van der Waals surface area contributed by atoms with Crippen LogP contribution in [0.4, 0.5) is 0 Å². The van der Waals surface area contributed by atoms with Crippen molar-refractivity contribution < 1.29 is 34.1 Å². The normalized spacial score (nSPS) is 25.7. The fourth-order valence-corrected chi connectivity index (χ4v) is 11.3. The van der Waals surface area contributed by atoms with Crippen molar-refractivity contribution in [3.8, 4) is 0 Å². The summed E-state index contributed by atoms with van der Waals surface area (Å²) in [6.45, 7) is 21.2. The molecule has 362 valence electrons. The maximum absolute atomic E-state index is 13.7. The van der Waals surface area contributed by atoms with Crippen molar-refractivity contribution in [1.29, 1.82) is 0 Å². The van der Waals surface area contributed by atoms with Crippen LogP contribution in [0, 0.1) is 61.2 Å². The second-order valence-corrected chi connectivity index (χ2v) is 20.7. The van der Waals surface area contributed by atoms with E-state index >= 15 is 0 Å². The Balaban J connectivity index is 1.23. The highest BCUT2D eigenvalue weighted by Gasteiger charge is 2.48. The lowest BCUT2D eigenvalue weighted by atomic mass is 9.79. The van der Waals surface area contributed by atoms with Gasteiger partial charge in [-0.25, -0.2) is 0 Å². The van der Waals surface area contributed by atoms with E-state index in [4.69, 9.17) is 9.47 Å². The Morgan fingerprint density at radius 3 is 2.09 bits per heavy atom. The minimum absolute atomic E-state index is 0.0626. The summed E-state index contributed by atoms with van der Waals surface area (Å²) >= 11 is 0. The van der Waals surface area contributed by atoms with Crippen molar-refractivity contribution in [2.45, 2.75) is 152 Å². The van der Waals surface area contributed by atoms with Gasteiger partial charge in [0, 0.05) is 63.4 Å². The Morgan fingerprint density at radius 1 is 0.818 bits per heavy atom. The number of H-pyrrole nitrogens is 2. The number of aliphatic hydroxyl groups excluding tert-OH is 2. The molecule has 0 spiro atoms. The van der Waals surface area contributed by atoms with Crippen LogP contribution in [0.1, 0.15) is 171 Å². The van der Waals surface area contributed by atoms with Gasteiger partial charge in [-0.1, -0.05) is 92.1 Å². The maximum Gasteiger partial charge on any atom is 0.320 e. The number of aromatic amines is 2. The Hall–Kier alpha value is -4.77. The van der Waals surface area contributed by atoms with Crippen LogP contribution in [0.3, 0.4) is 0 Å². The highest BCUT2D eigenvalue weighted by molar-refractivity contribution is 6.00. The third-order valence-corrected chi connectivity index (χ3v) is 15.3. The lowest BCUT2D eigenvalue weighted by Gasteiger charge is -2.26.